The van der Waals surface area contributed by atoms with Gasteiger partial charge in [0.15, 0.2) is 0 Å². The largest absolute Gasteiger partial charge is 0.465 e. The van der Waals surface area contributed by atoms with Gasteiger partial charge in [0.1, 0.15) is 11.9 Å². The van der Waals surface area contributed by atoms with Crippen molar-refractivity contribution in [2.45, 2.75) is 43.8 Å². The van der Waals surface area contributed by atoms with E-state index in [0.717, 1.165) is 0 Å². The van der Waals surface area contributed by atoms with Gasteiger partial charge in [-0.2, -0.15) is 4.98 Å². The van der Waals surface area contributed by atoms with Gasteiger partial charge in [0.05, 0.1) is 24.4 Å². The Labute approximate surface area is 206 Å². The monoisotopic (exact) mass is 496 g/mol. The number of halogens is 1. The molecule has 0 aliphatic carbocycles. The number of carbonyl (C=O) groups excluding carboxylic acids is 2. The molecule has 8 nitrogen and oxygen atoms in total. The number of rotatable bonds is 7. The minimum absolute atomic E-state index is 0.290. The molecule has 1 unspecified atom stereocenters. The smallest absolute Gasteiger partial charge is 0.338 e. The molecule has 1 N–H and O–H groups in total. The number of benzene rings is 2. The third-order valence-corrected chi connectivity index (χ3v) is 6.24. The Bertz CT molecular complexity index is 1290. The highest BCUT2D eigenvalue weighted by Crippen LogP contribution is 2.37. The van der Waals surface area contributed by atoms with Gasteiger partial charge in [-0.05, 0) is 50.1 Å². The lowest BCUT2D eigenvalue weighted by Crippen LogP contribution is -2.30. The molecule has 0 radical (unpaired) electrons. The predicted octanol–water partition coefficient (Wildman–Crippen LogP) is 4.74. The van der Waals surface area contributed by atoms with Crippen LogP contribution in [0.5, 0.6) is 0 Å². The van der Waals surface area contributed by atoms with Crippen molar-refractivity contribution in [3.63, 3.8) is 0 Å². The van der Waals surface area contributed by atoms with E-state index in [4.69, 9.17) is 9.47 Å². The van der Waals surface area contributed by atoms with Gasteiger partial charge in [-0.1, -0.05) is 42.1 Å². The molecule has 0 bridgehead atoms. The molecule has 1 aromatic heterocycles. The summed E-state index contributed by atoms with van der Waals surface area (Å²) in [5.41, 5.74) is 2.61. The van der Waals surface area contributed by atoms with Crippen LogP contribution in [0.3, 0.4) is 0 Å². The molecule has 1 atom stereocenters. The Kier molecular flexibility index (Phi) is 7.20. The highest BCUT2D eigenvalue weighted by Gasteiger charge is 2.35. The SMILES string of the molecule is COC(=O)c1ccc(C2C(C(=O)OC(C)C)=C(C)Nc3nc(SCc4ccccc4F)nn32)cc1. The topological polar surface area (TPSA) is 95.3 Å². The number of methoxy groups -OCH3 is 1. The van der Waals surface area contributed by atoms with E-state index in [0.29, 0.717) is 44.8 Å². The van der Waals surface area contributed by atoms with E-state index in [9.17, 15) is 14.0 Å². The highest BCUT2D eigenvalue weighted by atomic mass is 32.2. The van der Waals surface area contributed by atoms with Crippen LogP contribution in [-0.4, -0.2) is 39.9 Å². The highest BCUT2D eigenvalue weighted by molar-refractivity contribution is 7.98. The number of ether oxygens (including phenoxy) is 2. The molecule has 1 aliphatic heterocycles. The number of carbonyl (C=O) groups is 2. The normalized spacial score (nSPS) is 15.0. The van der Waals surface area contributed by atoms with E-state index in [1.165, 1.54) is 24.9 Å². The van der Waals surface area contributed by atoms with Crippen LogP contribution in [0.1, 0.15) is 48.3 Å². The van der Waals surface area contributed by atoms with Crippen molar-refractivity contribution in [1.29, 1.82) is 0 Å². The molecule has 0 spiro atoms. The van der Waals surface area contributed by atoms with Crippen molar-refractivity contribution in [3.05, 3.63) is 82.3 Å². The zero-order valence-electron chi connectivity index (χ0n) is 19.7. The fourth-order valence-electron chi connectivity index (χ4n) is 3.72. The number of hydrogen-bond donors (Lipinski definition) is 1. The van der Waals surface area contributed by atoms with Crippen LogP contribution in [-0.2, 0) is 20.0 Å². The van der Waals surface area contributed by atoms with Crippen LogP contribution in [0, 0.1) is 5.82 Å². The first-order chi connectivity index (χ1) is 16.8. The number of hydrogen-bond acceptors (Lipinski definition) is 8. The number of nitrogens with one attached hydrogen (secondary N) is 1. The molecule has 2 heterocycles. The molecule has 0 amide bonds. The molecule has 3 aromatic rings. The van der Waals surface area contributed by atoms with Crippen LogP contribution >= 0.6 is 11.8 Å². The first kappa shape index (κ1) is 24.5. The van der Waals surface area contributed by atoms with Gasteiger partial charge >= 0.3 is 11.9 Å². The Balaban J connectivity index is 1.71. The molecule has 1 aliphatic rings. The van der Waals surface area contributed by atoms with E-state index in [2.05, 4.69) is 15.4 Å². The van der Waals surface area contributed by atoms with Crippen molar-refractivity contribution < 1.29 is 23.5 Å². The van der Waals surface area contributed by atoms with Gasteiger partial charge in [0, 0.05) is 11.4 Å². The van der Waals surface area contributed by atoms with Crippen LogP contribution in [0.2, 0.25) is 0 Å². The van der Waals surface area contributed by atoms with Gasteiger partial charge in [0.25, 0.3) is 0 Å². The third kappa shape index (κ3) is 5.22. The number of allylic oxidation sites excluding steroid dienone is 1. The number of esters is 2. The number of fused-ring (bicyclic) bond motifs is 1. The van der Waals surface area contributed by atoms with Gasteiger partial charge in [0.2, 0.25) is 11.1 Å². The Hall–Kier alpha value is -3.66. The minimum atomic E-state index is -0.639. The summed E-state index contributed by atoms with van der Waals surface area (Å²) >= 11 is 1.29. The average Bonchev–Trinajstić information content (AvgIpc) is 3.24. The van der Waals surface area contributed by atoms with Crippen LogP contribution in [0.4, 0.5) is 10.3 Å². The molecule has 0 fully saturated rings. The van der Waals surface area contributed by atoms with Crippen molar-refractivity contribution in [3.8, 4) is 0 Å². The summed E-state index contributed by atoms with van der Waals surface area (Å²) in [5.74, 6) is -0.429. The Morgan fingerprint density at radius 2 is 1.86 bits per heavy atom. The second-order valence-electron chi connectivity index (χ2n) is 8.18. The number of nitrogens with zero attached hydrogens (tertiary/aromatic N) is 3. The molecular weight excluding hydrogens is 471 g/mol. The second-order valence-corrected chi connectivity index (χ2v) is 9.12. The number of aromatic nitrogens is 3. The second kappa shape index (κ2) is 10.3. The standard InChI is InChI=1S/C25H25FN4O4S/c1-14(2)34-23(32)20-15(3)27-24-28-25(35-13-18-7-5-6-8-19(18)26)29-30(24)21(20)16-9-11-17(12-10-16)22(31)33-4/h5-12,14,21H,13H2,1-4H3,(H,27,28,29). The molecular formula is C25H25FN4O4S. The van der Waals surface area contributed by atoms with E-state index in [1.807, 2.05) is 0 Å². The summed E-state index contributed by atoms with van der Waals surface area (Å²) in [6.45, 7) is 5.34. The molecule has 2 aromatic carbocycles. The maximum Gasteiger partial charge on any atom is 0.338 e. The van der Waals surface area contributed by atoms with E-state index in [1.54, 1.807) is 67.9 Å². The summed E-state index contributed by atoms with van der Waals surface area (Å²) in [6, 6.07) is 12.7. The molecule has 0 saturated carbocycles. The maximum absolute atomic E-state index is 14.1. The van der Waals surface area contributed by atoms with E-state index < -0.39 is 18.0 Å². The van der Waals surface area contributed by atoms with Crippen molar-refractivity contribution >= 4 is 29.6 Å². The molecule has 35 heavy (non-hydrogen) atoms. The first-order valence-electron chi connectivity index (χ1n) is 11.0. The fraction of sp³-hybridized carbons (Fsp3) is 0.280. The fourth-order valence-corrected chi connectivity index (χ4v) is 4.54. The summed E-state index contributed by atoms with van der Waals surface area (Å²) in [5, 5.41) is 8.19. The lowest BCUT2D eigenvalue weighted by molar-refractivity contribution is -0.143. The quantitative estimate of drug-likeness (QED) is 0.370. The molecule has 182 valence electrons. The van der Waals surface area contributed by atoms with Crippen LogP contribution in [0.15, 0.2) is 65.0 Å². The molecule has 0 saturated heterocycles. The lowest BCUT2D eigenvalue weighted by atomic mass is 9.95. The van der Waals surface area contributed by atoms with Gasteiger partial charge in [-0.15, -0.1) is 5.10 Å². The lowest BCUT2D eigenvalue weighted by Gasteiger charge is -2.28. The van der Waals surface area contributed by atoms with Crippen molar-refractivity contribution in [2.24, 2.45) is 0 Å². The maximum atomic E-state index is 14.1. The predicted molar refractivity (Wildman–Crippen MR) is 129 cm³/mol. The van der Waals surface area contributed by atoms with Crippen LogP contribution < -0.4 is 5.32 Å². The molecule has 4 rings (SSSR count). The Morgan fingerprint density at radius 1 is 1.14 bits per heavy atom. The van der Waals surface area contributed by atoms with Gasteiger partial charge in [-0.3, -0.25) is 0 Å². The van der Waals surface area contributed by atoms with Crippen molar-refractivity contribution in [1.82, 2.24) is 14.8 Å². The first-order valence-corrected chi connectivity index (χ1v) is 12.0. The minimum Gasteiger partial charge on any atom is -0.465 e. The summed E-state index contributed by atoms with van der Waals surface area (Å²) < 4.78 is 26.0. The van der Waals surface area contributed by atoms with Crippen LogP contribution in [0.25, 0.3) is 0 Å². The molecule has 10 heteroatoms. The summed E-state index contributed by atoms with van der Waals surface area (Å²) in [4.78, 5) is 29.5. The summed E-state index contributed by atoms with van der Waals surface area (Å²) in [6.07, 6.45) is -0.311. The zero-order chi connectivity index (χ0) is 25.1. The number of thioether (sulfide) groups is 1. The average molecular weight is 497 g/mol. The Morgan fingerprint density at radius 3 is 2.51 bits per heavy atom. The van der Waals surface area contributed by atoms with Gasteiger partial charge in [-0.25, -0.2) is 18.7 Å². The van der Waals surface area contributed by atoms with E-state index in [-0.39, 0.29) is 11.9 Å². The van der Waals surface area contributed by atoms with Crippen molar-refractivity contribution in [2.75, 3.05) is 12.4 Å². The zero-order valence-corrected chi connectivity index (χ0v) is 20.6. The third-order valence-electron chi connectivity index (χ3n) is 5.36. The van der Waals surface area contributed by atoms with E-state index >= 15 is 0 Å². The van der Waals surface area contributed by atoms with Gasteiger partial charge < -0.3 is 14.8 Å². The number of anilines is 1. The summed E-state index contributed by atoms with van der Waals surface area (Å²) in [7, 11) is 1.32.